The Morgan fingerprint density at radius 2 is 1.74 bits per heavy atom. The molecule has 0 fully saturated rings. The van der Waals surface area contributed by atoms with E-state index < -0.39 is 0 Å². The van der Waals surface area contributed by atoms with Gasteiger partial charge in [0.1, 0.15) is 0 Å². The van der Waals surface area contributed by atoms with E-state index in [0.29, 0.717) is 16.6 Å². The molecular weight excluding hydrogens is 277 g/mol. The van der Waals surface area contributed by atoms with Crippen LogP contribution in [0.3, 0.4) is 0 Å². The van der Waals surface area contributed by atoms with Crippen molar-refractivity contribution in [1.29, 1.82) is 0 Å². The number of hydrogen-bond donors (Lipinski definition) is 1. The van der Waals surface area contributed by atoms with Crippen molar-refractivity contribution in [2.24, 2.45) is 5.73 Å². The molecule has 0 bridgehead atoms. The molecule has 2 aromatic carbocycles. The van der Waals surface area contributed by atoms with Crippen molar-refractivity contribution < 1.29 is 0 Å². The van der Waals surface area contributed by atoms with Crippen molar-refractivity contribution in [3.63, 3.8) is 0 Å². The molecule has 0 heterocycles. The molecule has 1 atom stereocenters. The average Bonchev–Trinajstić information content (AvgIpc) is 2.42. The van der Waals surface area contributed by atoms with Crippen LogP contribution in [0.4, 0.5) is 0 Å². The fraction of sp³-hybridized carbons (Fsp3) is 0.250. The lowest BCUT2D eigenvalue weighted by atomic mass is 9.92. The molecule has 1 unspecified atom stereocenters. The third kappa shape index (κ3) is 3.97. The highest BCUT2D eigenvalue weighted by Gasteiger charge is 2.13. The maximum atomic E-state index is 6.24. The third-order valence-corrected chi connectivity index (χ3v) is 3.87. The standard InChI is InChI=1S/C16H17Cl2N/c17-14-8-9-15(16(18)10-14)13(11-19)7-6-12-4-2-1-3-5-12/h1-5,8-10,13H,6-7,11,19H2. The van der Waals surface area contributed by atoms with E-state index in [1.54, 1.807) is 6.07 Å². The van der Waals surface area contributed by atoms with Gasteiger partial charge in [-0.05, 0) is 48.6 Å². The van der Waals surface area contributed by atoms with Gasteiger partial charge in [-0.25, -0.2) is 0 Å². The minimum absolute atomic E-state index is 0.268. The lowest BCUT2D eigenvalue weighted by Crippen LogP contribution is -2.14. The summed E-state index contributed by atoms with van der Waals surface area (Å²) in [5.74, 6) is 0.268. The number of halogens is 2. The lowest BCUT2D eigenvalue weighted by molar-refractivity contribution is 0.634. The zero-order chi connectivity index (χ0) is 13.7. The van der Waals surface area contributed by atoms with Crippen LogP contribution in [0.25, 0.3) is 0 Å². The highest BCUT2D eigenvalue weighted by atomic mass is 35.5. The maximum Gasteiger partial charge on any atom is 0.0456 e. The van der Waals surface area contributed by atoms with E-state index >= 15 is 0 Å². The van der Waals surface area contributed by atoms with Gasteiger partial charge in [-0.15, -0.1) is 0 Å². The first-order valence-corrected chi connectivity index (χ1v) is 7.15. The molecule has 0 saturated heterocycles. The fourth-order valence-electron chi connectivity index (χ4n) is 2.22. The normalized spacial score (nSPS) is 12.4. The number of hydrogen-bond acceptors (Lipinski definition) is 1. The summed E-state index contributed by atoms with van der Waals surface area (Å²) >= 11 is 12.2. The van der Waals surface area contributed by atoms with Crippen LogP contribution in [0.5, 0.6) is 0 Å². The van der Waals surface area contributed by atoms with E-state index in [0.717, 1.165) is 18.4 Å². The van der Waals surface area contributed by atoms with Crippen molar-refractivity contribution in [1.82, 2.24) is 0 Å². The predicted octanol–water partition coefficient (Wildman–Crippen LogP) is 4.67. The number of aryl methyl sites for hydroxylation is 1. The Bertz CT molecular complexity index is 526. The first-order chi connectivity index (χ1) is 9.20. The molecule has 0 aliphatic carbocycles. The third-order valence-electron chi connectivity index (χ3n) is 3.31. The second-order valence-corrected chi connectivity index (χ2v) is 5.47. The van der Waals surface area contributed by atoms with Crippen molar-refractivity contribution in [2.45, 2.75) is 18.8 Å². The van der Waals surface area contributed by atoms with Crippen molar-refractivity contribution in [3.8, 4) is 0 Å². The average molecular weight is 294 g/mol. The van der Waals surface area contributed by atoms with Gasteiger partial charge in [0, 0.05) is 10.0 Å². The van der Waals surface area contributed by atoms with Crippen LogP contribution in [0, 0.1) is 0 Å². The molecule has 0 amide bonds. The minimum atomic E-state index is 0.268. The van der Waals surface area contributed by atoms with Gasteiger partial charge >= 0.3 is 0 Å². The Hall–Kier alpha value is -1.02. The van der Waals surface area contributed by atoms with E-state index in [9.17, 15) is 0 Å². The molecule has 0 saturated carbocycles. The van der Waals surface area contributed by atoms with Crippen LogP contribution in [-0.4, -0.2) is 6.54 Å². The summed E-state index contributed by atoms with van der Waals surface area (Å²) in [5, 5.41) is 1.36. The SMILES string of the molecule is NCC(CCc1ccccc1)c1ccc(Cl)cc1Cl. The van der Waals surface area contributed by atoms with Gasteiger partial charge in [0.2, 0.25) is 0 Å². The molecule has 0 radical (unpaired) electrons. The highest BCUT2D eigenvalue weighted by molar-refractivity contribution is 6.35. The van der Waals surface area contributed by atoms with E-state index in [1.807, 2.05) is 18.2 Å². The highest BCUT2D eigenvalue weighted by Crippen LogP contribution is 2.29. The second-order valence-electron chi connectivity index (χ2n) is 4.62. The second kappa shape index (κ2) is 6.95. The Morgan fingerprint density at radius 1 is 1.00 bits per heavy atom. The molecule has 0 aliphatic heterocycles. The largest absolute Gasteiger partial charge is 0.330 e. The fourth-order valence-corrected chi connectivity index (χ4v) is 2.78. The van der Waals surface area contributed by atoms with Crippen LogP contribution in [0.1, 0.15) is 23.5 Å². The van der Waals surface area contributed by atoms with Gasteiger partial charge in [-0.3, -0.25) is 0 Å². The molecule has 2 rings (SSSR count). The van der Waals surface area contributed by atoms with Crippen LogP contribution in [0.2, 0.25) is 10.0 Å². The molecule has 2 aromatic rings. The molecule has 0 aromatic heterocycles. The molecular formula is C16H17Cl2N. The minimum Gasteiger partial charge on any atom is -0.330 e. The van der Waals surface area contributed by atoms with Gasteiger partial charge < -0.3 is 5.73 Å². The summed E-state index contributed by atoms with van der Waals surface area (Å²) in [7, 11) is 0. The molecule has 2 N–H and O–H groups in total. The quantitative estimate of drug-likeness (QED) is 0.852. The lowest BCUT2D eigenvalue weighted by Gasteiger charge is -2.17. The summed E-state index contributed by atoms with van der Waals surface area (Å²) < 4.78 is 0. The van der Waals surface area contributed by atoms with Crippen LogP contribution < -0.4 is 5.73 Å². The van der Waals surface area contributed by atoms with Crippen LogP contribution >= 0.6 is 23.2 Å². The molecule has 3 heteroatoms. The van der Waals surface area contributed by atoms with E-state index in [2.05, 4.69) is 24.3 Å². The van der Waals surface area contributed by atoms with Crippen LogP contribution in [0.15, 0.2) is 48.5 Å². The van der Waals surface area contributed by atoms with Gasteiger partial charge in [-0.2, -0.15) is 0 Å². The van der Waals surface area contributed by atoms with Crippen LogP contribution in [-0.2, 0) is 6.42 Å². The Labute approximate surface area is 124 Å². The maximum absolute atomic E-state index is 6.24. The smallest absolute Gasteiger partial charge is 0.0456 e. The van der Waals surface area contributed by atoms with E-state index in [1.165, 1.54) is 5.56 Å². The number of benzene rings is 2. The summed E-state index contributed by atoms with van der Waals surface area (Å²) in [5.41, 5.74) is 8.30. The number of nitrogens with two attached hydrogens (primary N) is 1. The van der Waals surface area contributed by atoms with Gasteiger partial charge in [0.05, 0.1) is 0 Å². The summed E-state index contributed by atoms with van der Waals surface area (Å²) in [6.07, 6.45) is 1.99. The zero-order valence-electron chi connectivity index (χ0n) is 10.7. The zero-order valence-corrected chi connectivity index (χ0v) is 12.2. The summed E-state index contributed by atoms with van der Waals surface area (Å²) in [4.78, 5) is 0. The van der Waals surface area contributed by atoms with Gasteiger partial charge in [-0.1, -0.05) is 59.6 Å². The van der Waals surface area contributed by atoms with E-state index in [4.69, 9.17) is 28.9 Å². The predicted molar refractivity (Wildman–Crippen MR) is 83.0 cm³/mol. The van der Waals surface area contributed by atoms with Gasteiger partial charge in [0.15, 0.2) is 0 Å². The monoisotopic (exact) mass is 293 g/mol. The molecule has 1 nitrogen and oxygen atoms in total. The van der Waals surface area contributed by atoms with Crippen molar-refractivity contribution in [2.75, 3.05) is 6.54 Å². The molecule has 19 heavy (non-hydrogen) atoms. The number of rotatable bonds is 5. The summed E-state index contributed by atoms with van der Waals surface area (Å²) in [6, 6.07) is 16.0. The Kier molecular flexibility index (Phi) is 5.26. The molecule has 100 valence electrons. The first-order valence-electron chi connectivity index (χ1n) is 6.39. The van der Waals surface area contributed by atoms with Crippen molar-refractivity contribution >= 4 is 23.2 Å². The summed E-state index contributed by atoms with van der Waals surface area (Å²) in [6.45, 7) is 0.591. The van der Waals surface area contributed by atoms with E-state index in [-0.39, 0.29) is 5.92 Å². The molecule has 0 spiro atoms. The van der Waals surface area contributed by atoms with Crippen molar-refractivity contribution in [3.05, 3.63) is 69.7 Å². The van der Waals surface area contributed by atoms with Gasteiger partial charge in [0.25, 0.3) is 0 Å². The topological polar surface area (TPSA) is 26.0 Å². The Balaban J connectivity index is 2.08. The molecule has 0 aliphatic rings. The first kappa shape index (κ1) is 14.4. The Morgan fingerprint density at radius 3 is 2.37 bits per heavy atom.